The third-order valence-corrected chi connectivity index (χ3v) is 3.04. The smallest absolute Gasteiger partial charge is 0.323 e. The van der Waals surface area contributed by atoms with Crippen LogP contribution in [0.4, 0.5) is 11.9 Å². The summed E-state index contributed by atoms with van der Waals surface area (Å²) in [5, 5.41) is 6.72. The first kappa shape index (κ1) is 15.3. The van der Waals surface area contributed by atoms with Gasteiger partial charge in [-0.1, -0.05) is 36.7 Å². The van der Waals surface area contributed by atoms with Gasteiger partial charge < -0.3 is 15.4 Å². The maximum absolute atomic E-state index is 6.12. The normalized spacial score (nSPS) is 10.2. The highest BCUT2D eigenvalue weighted by molar-refractivity contribution is 6.31. The first-order valence-electron chi connectivity index (χ1n) is 6.76. The van der Waals surface area contributed by atoms with E-state index in [0.29, 0.717) is 36.1 Å². The van der Waals surface area contributed by atoms with Crippen molar-refractivity contribution in [2.45, 2.75) is 19.9 Å². The summed E-state index contributed by atoms with van der Waals surface area (Å²) in [6.45, 7) is 3.12. The molecular weight excluding hydrogens is 290 g/mol. The zero-order valence-electron chi connectivity index (χ0n) is 12.1. The molecule has 1 aromatic carbocycles. The van der Waals surface area contributed by atoms with Crippen LogP contribution in [0, 0.1) is 0 Å². The standard InChI is InChI=1S/C14H18ClN5O/c1-3-8-21-14-19-12(16-2)18-13(20-14)17-9-10-6-4-5-7-11(10)15/h4-7H,3,8-9H2,1-2H3,(H2,16,17,18,19,20). The second-order valence-corrected chi connectivity index (χ2v) is 4.72. The van der Waals surface area contributed by atoms with Gasteiger partial charge in [0, 0.05) is 18.6 Å². The van der Waals surface area contributed by atoms with Crippen molar-refractivity contribution in [3.8, 4) is 6.01 Å². The molecule has 0 saturated heterocycles. The molecule has 2 rings (SSSR count). The van der Waals surface area contributed by atoms with Crippen LogP contribution in [0.1, 0.15) is 18.9 Å². The van der Waals surface area contributed by atoms with Crippen LogP contribution in [0.5, 0.6) is 6.01 Å². The Hall–Kier alpha value is -2.08. The molecule has 0 atom stereocenters. The molecule has 7 heteroatoms. The maximum Gasteiger partial charge on any atom is 0.323 e. The van der Waals surface area contributed by atoms with Gasteiger partial charge in [0.05, 0.1) is 6.61 Å². The van der Waals surface area contributed by atoms with E-state index in [-0.39, 0.29) is 0 Å². The molecule has 6 nitrogen and oxygen atoms in total. The van der Waals surface area contributed by atoms with Crippen molar-refractivity contribution in [1.82, 2.24) is 15.0 Å². The topological polar surface area (TPSA) is 72.0 Å². The predicted octanol–water partition coefficient (Wildman–Crippen LogP) is 2.97. The highest BCUT2D eigenvalue weighted by Gasteiger charge is 2.07. The first-order valence-corrected chi connectivity index (χ1v) is 7.14. The van der Waals surface area contributed by atoms with Crippen LogP contribution in [0.2, 0.25) is 5.02 Å². The number of benzene rings is 1. The van der Waals surface area contributed by atoms with Crippen molar-refractivity contribution < 1.29 is 4.74 Å². The average Bonchev–Trinajstić information content (AvgIpc) is 2.52. The zero-order valence-corrected chi connectivity index (χ0v) is 12.8. The third kappa shape index (κ3) is 4.46. The first-order chi connectivity index (χ1) is 10.2. The van der Waals surface area contributed by atoms with Crippen LogP contribution in [0.25, 0.3) is 0 Å². The van der Waals surface area contributed by atoms with Crippen molar-refractivity contribution in [3.63, 3.8) is 0 Å². The molecular formula is C14H18ClN5O. The van der Waals surface area contributed by atoms with E-state index in [1.54, 1.807) is 7.05 Å². The minimum Gasteiger partial charge on any atom is -0.463 e. The predicted molar refractivity (Wildman–Crippen MR) is 83.9 cm³/mol. The van der Waals surface area contributed by atoms with Crippen molar-refractivity contribution in [3.05, 3.63) is 34.9 Å². The van der Waals surface area contributed by atoms with Crippen LogP contribution in [-0.4, -0.2) is 28.6 Å². The largest absolute Gasteiger partial charge is 0.463 e. The highest BCUT2D eigenvalue weighted by Crippen LogP contribution is 2.17. The second-order valence-electron chi connectivity index (χ2n) is 4.31. The molecule has 1 aromatic heterocycles. The van der Waals surface area contributed by atoms with Gasteiger partial charge >= 0.3 is 6.01 Å². The van der Waals surface area contributed by atoms with Crippen LogP contribution in [-0.2, 0) is 6.54 Å². The molecule has 0 unspecified atom stereocenters. The van der Waals surface area contributed by atoms with E-state index in [1.807, 2.05) is 31.2 Å². The van der Waals surface area contributed by atoms with Gasteiger partial charge in [-0.25, -0.2) is 0 Å². The van der Waals surface area contributed by atoms with Gasteiger partial charge in [-0.15, -0.1) is 0 Å². The van der Waals surface area contributed by atoms with Gasteiger partial charge in [-0.2, -0.15) is 15.0 Å². The summed E-state index contributed by atoms with van der Waals surface area (Å²) in [6.07, 6.45) is 0.892. The highest BCUT2D eigenvalue weighted by atomic mass is 35.5. The Morgan fingerprint density at radius 1 is 1.14 bits per heavy atom. The molecule has 112 valence electrons. The van der Waals surface area contributed by atoms with E-state index in [9.17, 15) is 0 Å². The lowest BCUT2D eigenvalue weighted by Gasteiger charge is -2.09. The summed E-state index contributed by atoms with van der Waals surface area (Å²) in [5.41, 5.74) is 0.974. The Kier molecular flexibility index (Phi) is 5.57. The van der Waals surface area contributed by atoms with E-state index < -0.39 is 0 Å². The van der Waals surface area contributed by atoms with Crippen molar-refractivity contribution >= 4 is 23.5 Å². The summed E-state index contributed by atoms with van der Waals surface area (Å²) in [7, 11) is 1.75. The SMILES string of the molecule is CCCOc1nc(NC)nc(NCc2ccccc2Cl)n1. The van der Waals surface area contributed by atoms with E-state index >= 15 is 0 Å². The van der Waals surface area contributed by atoms with Gasteiger partial charge in [-0.3, -0.25) is 0 Å². The molecule has 0 aliphatic heterocycles. The fourth-order valence-corrected chi connectivity index (χ4v) is 1.82. The fourth-order valence-electron chi connectivity index (χ4n) is 1.62. The summed E-state index contributed by atoms with van der Waals surface area (Å²) >= 11 is 6.12. The summed E-state index contributed by atoms with van der Waals surface area (Å²) in [5.74, 6) is 0.901. The van der Waals surface area contributed by atoms with Gasteiger partial charge in [-0.05, 0) is 18.1 Å². The maximum atomic E-state index is 6.12. The number of hydrogen-bond donors (Lipinski definition) is 2. The number of aromatic nitrogens is 3. The van der Waals surface area contributed by atoms with Gasteiger partial charge in [0.25, 0.3) is 0 Å². The minimum absolute atomic E-state index is 0.304. The number of ether oxygens (including phenoxy) is 1. The number of nitrogens with one attached hydrogen (secondary N) is 2. The van der Waals surface area contributed by atoms with Gasteiger partial charge in [0.2, 0.25) is 11.9 Å². The van der Waals surface area contributed by atoms with E-state index in [2.05, 4.69) is 25.6 Å². The molecule has 0 spiro atoms. The summed E-state index contributed by atoms with van der Waals surface area (Å²) in [4.78, 5) is 12.6. The lowest BCUT2D eigenvalue weighted by molar-refractivity contribution is 0.292. The lowest BCUT2D eigenvalue weighted by Crippen LogP contribution is -2.10. The Labute approximate surface area is 128 Å². The Morgan fingerprint density at radius 2 is 1.90 bits per heavy atom. The summed E-state index contributed by atoms with van der Waals surface area (Å²) in [6, 6.07) is 7.93. The molecule has 0 amide bonds. The fraction of sp³-hybridized carbons (Fsp3) is 0.357. The number of anilines is 2. The molecule has 0 bridgehead atoms. The zero-order chi connectivity index (χ0) is 15.1. The molecule has 0 saturated carbocycles. The summed E-state index contributed by atoms with van der Waals surface area (Å²) < 4.78 is 5.45. The third-order valence-electron chi connectivity index (χ3n) is 2.67. The van der Waals surface area contributed by atoms with E-state index in [4.69, 9.17) is 16.3 Å². The molecule has 21 heavy (non-hydrogen) atoms. The quantitative estimate of drug-likeness (QED) is 0.819. The molecule has 2 aromatic rings. The molecule has 1 heterocycles. The monoisotopic (exact) mass is 307 g/mol. The molecule has 2 N–H and O–H groups in total. The Balaban J connectivity index is 2.09. The number of halogens is 1. The van der Waals surface area contributed by atoms with Crippen LogP contribution < -0.4 is 15.4 Å². The molecule has 0 aliphatic rings. The Morgan fingerprint density at radius 3 is 2.62 bits per heavy atom. The number of rotatable bonds is 7. The van der Waals surface area contributed by atoms with E-state index in [0.717, 1.165) is 12.0 Å². The lowest BCUT2D eigenvalue weighted by atomic mass is 10.2. The van der Waals surface area contributed by atoms with Crippen molar-refractivity contribution in [2.75, 3.05) is 24.3 Å². The van der Waals surface area contributed by atoms with Gasteiger partial charge in [0.1, 0.15) is 0 Å². The van der Waals surface area contributed by atoms with Crippen LogP contribution in [0.3, 0.4) is 0 Å². The molecule has 0 radical (unpaired) electrons. The molecule has 0 fully saturated rings. The number of nitrogens with zero attached hydrogens (tertiary/aromatic N) is 3. The van der Waals surface area contributed by atoms with Crippen molar-refractivity contribution in [2.24, 2.45) is 0 Å². The van der Waals surface area contributed by atoms with Crippen LogP contribution in [0.15, 0.2) is 24.3 Å². The van der Waals surface area contributed by atoms with Gasteiger partial charge in [0.15, 0.2) is 0 Å². The Bertz CT molecular complexity index is 593. The molecule has 0 aliphatic carbocycles. The van der Waals surface area contributed by atoms with E-state index in [1.165, 1.54) is 0 Å². The second kappa shape index (κ2) is 7.64. The minimum atomic E-state index is 0.304. The number of hydrogen-bond acceptors (Lipinski definition) is 6. The average molecular weight is 308 g/mol. The van der Waals surface area contributed by atoms with Crippen molar-refractivity contribution in [1.29, 1.82) is 0 Å². The van der Waals surface area contributed by atoms with Crippen LogP contribution >= 0.6 is 11.6 Å².